The SMILES string of the molecule is NC(=O)Cc1c(-c2ccccc2)[nH]c2ccc(F)cc12. The fourth-order valence-electron chi connectivity index (χ4n) is 2.43. The summed E-state index contributed by atoms with van der Waals surface area (Å²) in [7, 11) is 0. The summed E-state index contributed by atoms with van der Waals surface area (Å²) in [4.78, 5) is 14.5. The molecule has 3 aromatic rings. The average Bonchev–Trinajstić information content (AvgIpc) is 2.77. The molecule has 0 atom stereocenters. The quantitative estimate of drug-likeness (QED) is 0.753. The number of H-pyrrole nitrogens is 1. The summed E-state index contributed by atoms with van der Waals surface area (Å²) < 4.78 is 13.4. The Hall–Kier alpha value is -2.62. The number of carbonyl (C=O) groups excluding carboxylic acids is 1. The molecule has 1 heterocycles. The van der Waals surface area contributed by atoms with E-state index in [-0.39, 0.29) is 12.2 Å². The number of hydrogen-bond donors (Lipinski definition) is 2. The van der Waals surface area contributed by atoms with Crippen molar-refractivity contribution < 1.29 is 9.18 Å². The number of amides is 1. The van der Waals surface area contributed by atoms with Crippen LogP contribution >= 0.6 is 0 Å². The Balaban J connectivity index is 2.28. The third-order valence-electron chi connectivity index (χ3n) is 3.28. The van der Waals surface area contributed by atoms with Crippen LogP contribution in [0.5, 0.6) is 0 Å². The number of hydrogen-bond acceptors (Lipinski definition) is 1. The van der Waals surface area contributed by atoms with Crippen LogP contribution in [-0.2, 0) is 11.2 Å². The van der Waals surface area contributed by atoms with Gasteiger partial charge in [0.25, 0.3) is 0 Å². The Morgan fingerprint density at radius 3 is 2.60 bits per heavy atom. The van der Waals surface area contributed by atoms with Crippen LogP contribution in [0.25, 0.3) is 22.2 Å². The summed E-state index contributed by atoms with van der Waals surface area (Å²) in [6.45, 7) is 0. The van der Waals surface area contributed by atoms with Crippen LogP contribution in [0.1, 0.15) is 5.56 Å². The van der Waals surface area contributed by atoms with Crippen LogP contribution in [0, 0.1) is 5.82 Å². The molecule has 0 radical (unpaired) electrons. The lowest BCUT2D eigenvalue weighted by Gasteiger charge is -2.03. The summed E-state index contributed by atoms with van der Waals surface area (Å²) in [6.07, 6.45) is 0.0771. The Bertz CT molecular complexity index is 778. The van der Waals surface area contributed by atoms with Gasteiger partial charge in [-0.05, 0) is 29.3 Å². The van der Waals surface area contributed by atoms with Crippen molar-refractivity contribution in [1.29, 1.82) is 0 Å². The molecule has 2 aromatic carbocycles. The van der Waals surface area contributed by atoms with E-state index in [2.05, 4.69) is 4.98 Å². The highest BCUT2D eigenvalue weighted by molar-refractivity contribution is 5.94. The fourth-order valence-corrected chi connectivity index (χ4v) is 2.43. The van der Waals surface area contributed by atoms with Gasteiger partial charge < -0.3 is 10.7 Å². The van der Waals surface area contributed by atoms with E-state index in [9.17, 15) is 9.18 Å². The minimum atomic E-state index is -0.438. The van der Waals surface area contributed by atoms with Gasteiger partial charge >= 0.3 is 0 Å². The molecule has 3 rings (SSSR count). The van der Waals surface area contributed by atoms with Crippen molar-refractivity contribution in [3.8, 4) is 11.3 Å². The van der Waals surface area contributed by atoms with Crippen molar-refractivity contribution in [2.45, 2.75) is 6.42 Å². The van der Waals surface area contributed by atoms with Crippen LogP contribution < -0.4 is 5.73 Å². The van der Waals surface area contributed by atoms with E-state index < -0.39 is 5.91 Å². The van der Waals surface area contributed by atoms with Crippen LogP contribution in [0.2, 0.25) is 0 Å². The molecule has 0 aliphatic heterocycles. The van der Waals surface area contributed by atoms with E-state index in [1.807, 2.05) is 30.3 Å². The van der Waals surface area contributed by atoms with Crippen molar-refractivity contribution >= 4 is 16.8 Å². The minimum absolute atomic E-state index is 0.0771. The van der Waals surface area contributed by atoms with E-state index >= 15 is 0 Å². The first-order valence-electron chi connectivity index (χ1n) is 6.29. The number of fused-ring (bicyclic) bond motifs is 1. The molecule has 0 bridgehead atoms. The Morgan fingerprint density at radius 1 is 1.15 bits per heavy atom. The number of primary amides is 1. The molecule has 0 aliphatic carbocycles. The van der Waals surface area contributed by atoms with E-state index in [0.29, 0.717) is 5.39 Å². The van der Waals surface area contributed by atoms with Crippen molar-refractivity contribution in [2.24, 2.45) is 5.73 Å². The van der Waals surface area contributed by atoms with E-state index in [0.717, 1.165) is 22.3 Å². The monoisotopic (exact) mass is 268 g/mol. The molecule has 0 aliphatic rings. The molecule has 4 heteroatoms. The number of aromatic amines is 1. The normalized spacial score (nSPS) is 10.8. The minimum Gasteiger partial charge on any atom is -0.369 e. The summed E-state index contributed by atoms with van der Waals surface area (Å²) in [5, 5.41) is 0.697. The molecule has 0 saturated carbocycles. The van der Waals surface area contributed by atoms with Crippen molar-refractivity contribution in [3.63, 3.8) is 0 Å². The molecule has 3 nitrogen and oxygen atoms in total. The van der Waals surface area contributed by atoms with Gasteiger partial charge in [0.15, 0.2) is 0 Å². The topological polar surface area (TPSA) is 58.9 Å². The maximum atomic E-state index is 13.4. The summed E-state index contributed by atoms with van der Waals surface area (Å²) >= 11 is 0. The maximum absolute atomic E-state index is 13.4. The number of nitrogens with one attached hydrogen (secondary N) is 1. The van der Waals surface area contributed by atoms with Gasteiger partial charge in [0.2, 0.25) is 5.91 Å². The number of carbonyl (C=O) groups is 1. The Morgan fingerprint density at radius 2 is 1.90 bits per heavy atom. The molecule has 0 unspecified atom stereocenters. The Kier molecular flexibility index (Phi) is 2.99. The van der Waals surface area contributed by atoms with Gasteiger partial charge in [-0.2, -0.15) is 0 Å². The number of halogens is 1. The maximum Gasteiger partial charge on any atom is 0.221 e. The van der Waals surface area contributed by atoms with Crippen LogP contribution in [0.3, 0.4) is 0 Å². The summed E-state index contributed by atoms with van der Waals surface area (Å²) in [5.41, 5.74) is 8.60. The largest absolute Gasteiger partial charge is 0.369 e. The molecule has 0 spiro atoms. The summed E-state index contributed by atoms with van der Waals surface area (Å²) in [5.74, 6) is -0.769. The third-order valence-corrected chi connectivity index (χ3v) is 3.28. The van der Waals surface area contributed by atoms with Crippen LogP contribution in [-0.4, -0.2) is 10.9 Å². The first kappa shape index (κ1) is 12.4. The lowest BCUT2D eigenvalue weighted by atomic mass is 10.0. The lowest BCUT2D eigenvalue weighted by molar-refractivity contribution is -0.117. The number of nitrogens with two attached hydrogens (primary N) is 1. The Labute approximate surface area is 115 Å². The first-order valence-corrected chi connectivity index (χ1v) is 6.29. The number of aromatic nitrogens is 1. The second kappa shape index (κ2) is 4.81. The average molecular weight is 268 g/mol. The van der Waals surface area contributed by atoms with Gasteiger partial charge in [-0.1, -0.05) is 30.3 Å². The van der Waals surface area contributed by atoms with E-state index in [4.69, 9.17) is 5.73 Å². The first-order chi connectivity index (χ1) is 9.65. The predicted molar refractivity (Wildman–Crippen MR) is 76.6 cm³/mol. The summed E-state index contributed by atoms with van der Waals surface area (Å²) in [6, 6.07) is 14.1. The molecule has 3 N–H and O–H groups in total. The van der Waals surface area contributed by atoms with Gasteiger partial charge in [-0.15, -0.1) is 0 Å². The molecule has 20 heavy (non-hydrogen) atoms. The molecule has 0 fully saturated rings. The third kappa shape index (κ3) is 2.16. The molecule has 0 saturated heterocycles. The van der Waals surface area contributed by atoms with Crippen molar-refractivity contribution in [3.05, 3.63) is 59.9 Å². The highest BCUT2D eigenvalue weighted by Gasteiger charge is 2.15. The van der Waals surface area contributed by atoms with Crippen LogP contribution in [0.15, 0.2) is 48.5 Å². The molecular formula is C16H13FN2O. The number of benzene rings is 2. The van der Waals surface area contributed by atoms with Gasteiger partial charge in [-0.3, -0.25) is 4.79 Å². The van der Waals surface area contributed by atoms with Crippen molar-refractivity contribution in [1.82, 2.24) is 4.98 Å². The van der Waals surface area contributed by atoms with Gasteiger partial charge in [0, 0.05) is 10.9 Å². The molecule has 1 amide bonds. The molecule has 1 aromatic heterocycles. The zero-order chi connectivity index (χ0) is 14.1. The second-order valence-corrected chi connectivity index (χ2v) is 4.68. The zero-order valence-corrected chi connectivity index (χ0v) is 10.7. The highest BCUT2D eigenvalue weighted by Crippen LogP contribution is 2.31. The molecular weight excluding hydrogens is 255 g/mol. The lowest BCUT2D eigenvalue weighted by Crippen LogP contribution is -2.13. The smallest absolute Gasteiger partial charge is 0.221 e. The van der Waals surface area contributed by atoms with Gasteiger partial charge in [0.05, 0.1) is 12.1 Å². The van der Waals surface area contributed by atoms with Crippen LogP contribution in [0.4, 0.5) is 4.39 Å². The zero-order valence-electron chi connectivity index (χ0n) is 10.7. The highest BCUT2D eigenvalue weighted by atomic mass is 19.1. The fraction of sp³-hybridized carbons (Fsp3) is 0.0625. The van der Waals surface area contributed by atoms with Crippen molar-refractivity contribution in [2.75, 3.05) is 0 Å². The number of rotatable bonds is 3. The predicted octanol–water partition coefficient (Wildman–Crippen LogP) is 3.00. The van der Waals surface area contributed by atoms with Gasteiger partial charge in [-0.25, -0.2) is 4.39 Å². The van der Waals surface area contributed by atoms with E-state index in [1.54, 1.807) is 6.07 Å². The standard InChI is InChI=1S/C16H13FN2O/c17-11-6-7-14-12(8-11)13(9-15(18)20)16(19-14)10-4-2-1-3-5-10/h1-8,19H,9H2,(H2,18,20). The second-order valence-electron chi connectivity index (χ2n) is 4.68. The van der Waals surface area contributed by atoms with E-state index in [1.165, 1.54) is 12.1 Å². The van der Waals surface area contributed by atoms with Gasteiger partial charge in [0.1, 0.15) is 5.82 Å². The molecule has 100 valence electrons.